The molecule has 1 atom stereocenters. The Morgan fingerprint density at radius 1 is 0.968 bits per heavy atom. The molecule has 3 aromatic rings. The van der Waals surface area contributed by atoms with Crippen LogP contribution >= 0.6 is 47.0 Å². The highest BCUT2D eigenvalue weighted by atomic mass is 35.6. The van der Waals surface area contributed by atoms with Crippen LogP contribution < -0.4 is 16.0 Å². The summed E-state index contributed by atoms with van der Waals surface area (Å²) in [6.45, 7) is 0. The van der Waals surface area contributed by atoms with Gasteiger partial charge in [-0.15, -0.1) is 0 Å². The van der Waals surface area contributed by atoms with Crippen LogP contribution in [0.5, 0.6) is 0 Å². The molecule has 0 fully saturated rings. The molecule has 1 amide bonds. The monoisotopic (exact) mass is 496 g/mol. The molecule has 0 saturated carbocycles. The van der Waals surface area contributed by atoms with Crippen LogP contribution in [0.3, 0.4) is 0 Å². The summed E-state index contributed by atoms with van der Waals surface area (Å²) in [5.41, 5.74) is 0.493. The van der Waals surface area contributed by atoms with E-state index in [1.807, 2.05) is 42.5 Å². The van der Waals surface area contributed by atoms with Gasteiger partial charge in [-0.3, -0.25) is 14.9 Å². The number of alkyl halides is 3. The summed E-state index contributed by atoms with van der Waals surface area (Å²) < 4.78 is -1.97. The largest absolute Gasteiger partial charge is 0.339 e. The Bertz CT molecular complexity index is 1150. The highest BCUT2D eigenvalue weighted by Crippen LogP contribution is 2.29. The summed E-state index contributed by atoms with van der Waals surface area (Å²) in [7, 11) is 0. The lowest BCUT2D eigenvalue weighted by Crippen LogP contribution is -2.56. The van der Waals surface area contributed by atoms with Gasteiger partial charge in [0, 0.05) is 23.4 Å². The Morgan fingerprint density at radius 3 is 2.35 bits per heavy atom. The summed E-state index contributed by atoms with van der Waals surface area (Å²) in [5, 5.41) is 21.3. The number of rotatable bonds is 5. The van der Waals surface area contributed by atoms with Crippen molar-refractivity contribution in [1.82, 2.24) is 10.6 Å². The first-order chi connectivity index (χ1) is 14.6. The number of nitro benzene ring substituents is 1. The zero-order chi connectivity index (χ0) is 22.6. The molecule has 0 heterocycles. The molecular formula is C20H15Cl3N4O3S. The van der Waals surface area contributed by atoms with E-state index < -0.39 is 20.8 Å². The molecule has 0 spiro atoms. The third-order valence-corrected chi connectivity index (χ3v) is 5.08. The maximum Gasteiger partial charge on any atom is 0.270 e. The van der Waals surface area contributed by atoms with Gasteiger partial charge in [0.15, 0.2) is 5.11 Å². The molecule has 0 aliphatic heterocycles. The summed E-state index contributed by atoms with van der Waals surface area (Å²) in [5.74, 6) is -0.680. The molecule has 0 bridgehead atoms. The van der Waals surface area contributed by atoms with Gasteiger partial charge in [-0.1, -0.05) is 71.2 Å². The van der Waals surface area contributed by atoms with Gasteiger partial charge in [0.05, 0.1) is 4.92 Å². The Balaban J connectivity index is 1.71. The maximum absolute atomic E-state index is 12.5. The average Bonchev–Trinajstić information content (AvgIpc) is 2.72. The summed E-state index contributed by atoms with van der Waals surface area (Å²) >= 11 is 23.3. The molecule has 31 heavy (non-hydrogen) atoms. The molecule has 3 N–H and O–H groups in total. The molecule has 160 valence electrons. The Morgan fingerprint density at radius 2 is 1.68 bits per heavy atom. The van der Waals surface area contributed by atoms with Gasteiger partial charge >= 0.3 is 0 Å². The first-order valence-electron chi connectivity index (χ1n) is 8.82. The quantitative estimate of drug-likeness (QED) is 0.148. The minimum Gasteiger partial charge on any atom is -0.339 e. The number of anilines is 1. The molecule has 11 heteroatoms. The van der Waals surface area contributed by atoms with Crippen molar-refractivity contribution in [3.63, 3.8) is 0 Å². The molecule has 0 aliphatic rings. The number of carbonyl (C=O) groups is 1. The number of nitrogens with zero attached hydrogens (tertiary/aromatic N) is 1. The van der Waals surface area contributed by atoms with Gasteiger partial charge in [-0.25, -0.2) is 0 Å². The van der Waals surface area contributed by atoms with E-state index in [-0.39, 0.29) is 16.4 Å². The number of carbonyl (C=O) groups excluding carboxylic acids is 1. The van der Waals surface area contributed by atoms with E-state index >= 15 is 0 Å². The zero-order valence-electron chi connectivity index (χ0n) is 15.6. The average molecular weight is 498 g/mol. The standard InChI is InChI=1S/C20H15Cl3N4O3S/c21-20(22,23)18(25-17(28)14-6-3-7-16(11-14)27(29)30)26-19(31)24-15-9-8-12-4-1-2-5-13(12)10-15/h1-11,18H,(H,25,28)(H2,24,26,31)/t18-/m0/s1. The van der Waals surface area contributed by atoms with Crippen molar-refractivity contribution in [3.05, 3.63) is 82.4 Å². The molecule has 7 nitrogen and oxygen atoms in total. The minimum absolute atomic E-state index is 0.0312. The molecule has 0 unspecified atom stereocenters. The number of nitrogens with one attached hydrogen (secondary N) is 3. The van der Waals surface area contributed by atoms with Crippen molar-refractivity contribution in [3.8, 4) is 0 Å². The minimum atomic E-state index is -1.97. The predicted octanol–water partition coefficient (Wildman–Crippen LogP) is 5.16. The van der Waals surface area contributed by atoms with Crippen molar-refractivity contribution < 1.29 is 9.72 Å². The van der Waals surface area contributed by atoms with Crippen LogP contribution in [-0.4, -0.2) is 25.9 Å². The third-order valence-electron chi connectivity index (χ3n) is 4.20. The fraction of sp³-hybridized carbons (Fsp3) is 0.100. The van der Waals surface area contributed by atoms with E-state index in [0.717, 1.165) is 16.8 Å². The van der Waals surface area contributed by atoms with Crippen LogP contribution in [0.1, 0.15) is 10.4 Å². The molecule has 0 aromatic heterocycles. The zero-order valence-corrected chi connectivity index (χ0v) is 18.7. The number of benzene rings is 3. The van der Waals surface area contributed by atoms with Gasteiger partial charge in [-0.05, 0) is 41.2 Å². The van der Waals surface area contributed by atoms with Gasteiger partial charge in [0.2, 0.25) is 3.79 Å². The second-order valence-corrected chi connectivity index (χ2v) is 9.19. The van der Waals surface area contributed by atoms with Gasteiger partial charge in [-0.2, -0.15) is 0 Å². The van der Waals surface area contributed by atoms with Crippen LogP contribution in [-0.2, 0) is 0 Å². The number of thiocarbonyl (C=S) groups is 1. The van der Waals surface area contributed by atoms with Crippen LogP contribution in [0, 0.1) is 10.1 Å². The lowest BCUT2D eigenvalue weighted by atomic mass is 10.1. The van der Waals surface area contributed by atoms with Gasteiger partial charge in [0.25, 0.3) is 11.6 Å². The fourth-order valence-corrected chi connectivity index (χ4v) is 3.30. The van der Waals surface area contributed by atoms with Gasteiger partial charge < -0.3 is 16.0 Å². The normalized spacial score (nSPS) is 12.1. The predicted molar refractivity (Wildman–Crippen MR) is 128 cm³/mol. The van der Waals surface area contributed by atoms with E-state index in [0.29, 0.717) is 5.69 Å². The number of halogens is 3. The molecule has 3 aromatic carbocycles. The summed E-state index contributed by atoms with van der Waals surface area (Å²) in [6.07, 6.45) is -1.22. The molecule has 0 aliphatic carbocycles. The van der Waals surface area contributed by atoms with Crippen LogP contribution in [0.2, 0.25) is 0 Å². The third kappa shape index (κ3) is 6.18. The number of fused-ring (bicyclic) bond motifs is 1. The Hall–Kier alpha value is -2.65. The number of hydrogen-bond donors (Lipinski definition) is 3. The fourth-order valence-electron chi connectivity index (χ4n) is 2.74. The SMILES string of the molecule is O=C(N[C@@H](NC(=S)Nc1ccc2ccccc2c1)C(Cl)(Cl)Cl)c1cccc([N+](=O)[O-])c1. The number of hydrogen-bond acceptors (Lipinski definition) is 4. The van der Waals surface area contributed by atoms with Gasteiger partial charge in [0.1, 0.15) is 6.17 Å². The van der Waals surface area contributed by atoms with E-state index in [2.05, 4.69) is 16.0 Å². The maximum atomic E-state index is 12.5. The van der Waals surface area contributed by atoms with Crippen molar-refractivity contribution in [2.75, 3.05) is 5.32 Å². The van der Waals surface area contributed by atoms with E-state index in [1.165, 1.54) is 18.2 Å². The number of amides is 1. The lowest BCUT2D eigenvalue weighted by molar-refractivity contribution is -0.384. The molecule has 0 radical (unpaired) electrons. The van der Waals surface area contributed by atoms with Crippen molar-refractivity contribution >= 4 is 80.2 Å². The first-order valence-corrected chi connectivity index (χ1v) is 10.4. The number of nitro groups is 1. The van der Waals surface area contributed by atoms with Crippen molar-refractivity contribution in [1.29, 1.82) is 0 Å². The van der Waals surface area contributed by atoms with E-state index in [1.54, 1.807) is 0 Å². The second-order valence-electron chi connectivity index (χ2n) is 6.42. The second kappa shape index (κ2) is 9.65. The molecule has 0 saturated heterocycles. The molecular weight excluding hydrogens is 483 g/mol. The Kier molecular flexibility index (Phi) is 7.17. The van der Waals surface area contributed by atoms with E-state index in [9.17, 15) is 14.9 Å². The summed E-state index contributed by atoms with van der Waals surface area (Å²) in [6, 6.07) is 18.6. The van der Waals surface area contributed by atoms with Crippen LogP contribution in [0.15, 0.2) is 66.7 Å². The Labute approximate surface area is 197 Å². The highest BCUT2D eigenvalue weighted by molar-refractivity contribution is 7.80. The first kappa shape index (κ1) is 23.0. The summed E-state index contributed by atoms with van der Waals surface area (Å²) in [4.78, 5) is 22.9. The lowest BCUT2D eigenvalue weighted by Gasteiger charge is -2.27. The highest BCUT2D eigenvalue weighted by Gasteiger charge is 2.35. The van der Waals surface area contributed by atoms with Crippen LogP contribution in [0.25, 0.3) is 10.8 Å². The number of non-ortho nitro benzene ring substituents is 1. The van der Waals surface area contributed by atoms with Crippen molar-refractivity contribution in [2.24, 2.45) is 0 Å². The molecule has 3 rings (SSSR count). The van der Waals surface area contributed by atoms with Crippen molar-refractivity contribution in [2.45, 2.75) is 9.96 Å². The van der Waals surface area contributed by atoms with Crippen LogP contribution in [0.4, 0.5) is 11.4 Å². The topological polar surface area (TPSA) is 96.3 Å². The van der Waals surface area contributed by atoms with E-state index in [4.69, 9.17) is 47.0 Å². The smallest absolute Gasteiger partial charge is 0.270 e.